The van der Waals surface area contributed by atoms with Crippen LogP contribution in [-0.4, -0.2) is 21.2 Å². The van der Waals surface area contributed by atoms with Gasteiger partial charge in [0.1, 0.15) is 0 Å². The van der Waals surface area contributed by atoms with Crippen molar-refractivity contribution in [2.24, 2.45) is 0 Å². The van der Waals surface area contributed by atoms with Crippen molar-refractivity contribution < 1.29 is 4.79 Å². The van der Waals surface area contributed by atoms with E-state index in [1.54, 1.807) is 10.6 Å². The molecule has 4 aromatic carbocycles. The number of nitrogens with one attached hydrogen (secondary N) is 1. The second-order valence-electron chi connectivity index (χ2n) is 8.00. The summed E-state index contributed by atoms with van der Waals surface area (Å²) in [6.07, 6.45) is 0. The predicted octanol–water partition coefficient (Wildman–Crippen LogP) is 5.38. The summed E-state index contributed by atoms with van der Waals surface area (Å²) in [5, 5.41) is 4.17. The Morgan fingerprint density at radius 2 is 1.31 bits per heavy atom. The fourth-order valence-corrected chi connectivity index (χ4v) is 4.82. The summed E-state index contributed by atoms with van der Waals surface area (Å²) in [6, 6.07) is 36.2. The maximum Gasteiger partial charge on any atom is 0.266 e. The van der Waals surface area contributed by atoms with E-state index < -0.39 is 0 Å². The standard InChI is InChI=1S/C29H23N3O2S/c33-26(31-27(21-12-4-1-5-13-21)22-14-6-2-7-15-22)20-35-29-30-25-19-11-10-18-24(25)28(34)32(29)23-16-8-3-9-17-23/h1-19,27H,20H2,(H,31,33). The third-order valence-electron chi connectivity index (χ3n) is 5.66. The fourth-order valence-electron chi connectivity index (χ4n) is 4.00. The van der Waals surface area contributed by atoms with Crippen LogP contribution in [0.25, 0.3) is 16.6 Å². The minimum Gasteiger partial charge on any atom is -0.344 e. The molecule has 0 bridgehead atoms. The molecule has 0 atom stereocenters. The van der Waals surface area contributed by atoms with Gasteiger partial charge in [-0.25, -0.2) is 4.98 Å². The molecule has 1 heterocycles. The number of amides is 1. The highest BCUT2D eigenvalue weighted by Gasteiger charge is 2.19. The Kier molecular flexibility index (Phi) is 6.73. The zero-order valence-electron chi connectivity index (χ0n) is 18.9. The summed E-state index contributed by atoms with van der Waals surface area (Å²) in [7, 11) is 0. The number of benzene rings is 4. The molecular weight excluding hydrogens is 454 g/mol. The van der Waals surface area contributed by atoms with Crippen LogP contribution in [0, 0.1) is 0 Å². The van der Waals surface area contributed by atoms with Crippen LogP contribution < -0.4 is 10.9 Å². The number of rotatable bonds is 7. The predicted molar refractivity (Wildman–Crippen MR) is 141 cm³/mol. The summed E-state index contributed by atoms with van der Waals surface area (Å²) >= 11 is 1.25. The summed E-state index contributed by atoms with van der Waals surface area (Å²) in [4.78, 5) is 31.2. The first-order valence-electron chi connectivity index (χ1n) is 11.3. The van der Waals surface area contributed by atoms with Crippen LogP contribution in [0.15, 0.2) is 125 Å². The Hall–Kier alpha value is -4.16. The summed E-state index contributed by atoms with van der Waals surface area (Å²) < 4.78 is 1.58. The number of para-hydroxylation sites is 2. The third-order valence-corrected chi connectivity index (χ3v) is 6.60. The van der Waals surface area contributed by atoms with E-state index in [2.05, 4.69) is 5.32 Å². The molecule has 0 aliphatic heterocycles. The highest BCUT2D eigenvalue weighted by Crippen LogP contribution is 2.24. The average Bonchev–Trinajstić information content (AvgIpc) is 2.92. The van der Waals surface area contributed by atoms with Gasteiger partial charge in [-0.15, -0.1) is 0 Å². The molecule has 5 nitrogen and oxygen atoms in total. The Bertz CT molecular complexity index is 1460. The van der Waals surface area contributed by atoms with Gasteiger partial charge in [0.05, 0.1) is 28.4 Å². The molecule has 5 aromatic rings. The Morgan fingerprint density at radius 3 is 1.94 bits per heavy atom. The molecule has 0 saturated carbocycles. The molecule has 0 aliphatic rings. The molecule has 0 aliphatic carbocycles. The van der Waals surface area contributed by atoms with E-state index >= 15 is 0 Å². The molecule has 1 N–H and O–H groups in total. The lowest BCUT2D eigenvalue weighted by atomic mass is 9.99. The molecule has 6 heteroatoms. The largest absolute Gasteiger partial charge is 0.344 e. The van der Waals surface area contributed by atoms with Crippen LogP contribution in [0.2, 0.25) is 0 Å². The molecule has 0 unspecified atom stereocenters. The lowest BCUT2D eigenvalue weighted by Crippen LogP contribution is -2.31. The van der Waals surface area contributed by atoms with Crippen molar-refractivity contribution >= 4 is 28.6 Å². The molecule has 0 saturated heterocycles. The Morgan fingerprint density at radius 1 is 0.771 bits per heavy atom. The van der Waals surface area contributed by atoms with E-state index in [-0.39, 0.29) is 23.3 Å². The first-order chi connectivity index (χ1) is 17.2. The number of carbonyl (C=O) groups is 1. The van der Waals surface area contributed by atoms with Gasteiger partial charge in [-0.3, -0.25) is 14.2 Å². The molecular formula is C29H23N3O2S. The minimum absolute atomic E-state index is 0.119. The van der Waals surface area contributed by atoms with Crippen LogP contribution in [0.4, 0.5) is 0 Å². The first kappa shape index (κ1) is 22.6. The van der Waals surface area contributed by atoms with Crippen LogP contribution in [-0.2, 0) is 4.79 Å². The van der Waals surface area contributed by atoms with Crippen LogP contribution >= 0.6 is 11.8 Å². The maximum atomic E-state index is 13.4. The zero-order valence-corrected chi connectivity index (χ0v) is 19.7. The summed E-state index contributed by atoms with van der Waals surface area (Å²) in [5.41, 5.74) is 3.17. The van der Waals surface area contributed by atoms with Gasteiger partial charge in [-0.1, -0.05) is 103 Å². The van der Waals surface area contributed by atoms with Crippen LogP contribution in [0.1, 0.15) is 17.2 Å². The van der Waals surface area contributed by atoms with Gasteiger partial charge in [0.2, 0.25) is 5.91 Å². The van der Waals surface area contributed by atoms with E-state index in [1.165, 1.54) is 11.8 Å². The number of hydrogen-bond acceptors (Lipinski definition) is 4. The van der Waals surface area contributed by atoms with Crippen molar-refractivity contribution in [1.29, 1.82) is 0 Å². The highest BCUT2D eigenvalue weighted by molar-refractivity contribution is 7.99. The Labute approximate surface area is 207 Å². The molecule has 5 rings (SSSR count). The van der Waals surface area contributed by atoms with Gasteiger partial charge in [0, 0.05) is 0 Å². The van der Waals surface area contributed by atoms with E-state index in [0.717, 1.165) is 11.1 Å². The molecule has 0 spiro atoms. The van der Waals surface area contributed by atoms with Crippen molar-refractivity contribution in [3.63, 3.8) is 0 Å². The summed E-state index contributed by atoms with van der Waals surface area (Å²) in [5.74, 6) is -0.0249. The van der Waals surface area contributed by atoms with Gasteiger partial charge < -0.3 is 5.32 Å². The lowest BCUT2D eigenvalue weighted by molar-refractivity contribution is -0.119. The van der Waals surface area contributed by atoms with Gasteiger partial charge in [-0.05, 0) is 35.4 Å². The van der Waals surface area contributed by atoms with Gasteiger partial charge >= 0.3 is 0 Å². The SMILES string of the molecule is O=C(CSc1nc2ccccc2c(=O)n1-c1ccccc1)NC(c1ccccc1)c1ccccc1. The first-order valence-corrected chi connectivity index (χ1v) is 12.3. The molecule has 35 heavy (non-hydrogen) atoms. The van der Waals surface area contributed by atoms with E-state index in [9.17, 15) is 9.59 Å². The van der Waals surface area contributed by atoms with E-state index in [1.807, 2.05) is 109 Å². The highest BCUT2D eigenvalue weighted by atomic mass is 32.2. The van der Waals surface area contributed by atoms with Crippen molar-refractivity contribution in [3.8, 4) is 5.69 Å². The topological polar surface area (TPSA) is 64.0 Å². The summed E-state index contributed by atoms with van der Waals surface area (Å²) in [6.45, 7) is 0. The van der Waals surface area contributed by atoms with Gasteiger partial charge in [-0.2, -0.15) is 0 Å². The normalized spacial score (nSPS) is 11.0. The van der Waals surface area contributed by atoms with Crippen LogP contribution in [0.5, 0.6) is 0 Å². The number of hydrogen-bond donors (Lipinski definition) is 1. The fraction of sp³-hybridized carbons (Fsp3) is 0.0690. The van der Waals surface area contributed by atoms with Gasteiger partial charge in [0.25, 0.3) is 5.56 Å². The molecule has 0 fully saturated rings. The maximum absolute atomic E-state index is 13.4. The average molecular weight is 478 g/mol. The van der Waals surface area contributed by atoms with E-state index in [4.69, 9.17) is 4.98 Å². The number of carbonyl (C=O) groups excluding carboxylic acids is 1. The zero-order chi connectivity index (χ0) is 24.0. The number of fused-ring (bicyclic) bond motifs is 1. The monoisotopic (exact) mass is 477 g/mol. The van der Waals surface area contributed by atoms with Gasteiger partial charge in [0.15, 0.2) is 5.16 Å². The molecule has 0 radical (unpaired) electrons. The van der Waals surface area contributed by atoms with Crippen LogP contribution in [0.3, 0.4) is 0 Å². The second kappa shape index (κ2) is 10.4. The molecule has 1 aromatic heterocycles. The number of thioether (sulfide) groups is 1. The number of nitrogens with zero attached hydrogens (tertiary/aromatic N) is 2. The third kappa shape index (κ3) is 5.03. The minimum atomic E-state index is -0.272. The van der Waals surface area contributed by atoms with Crippen molar-refractivity contribution in [3.05, 3.63) is 137 Å². The van der Waals surface area contributed by atoms with Crippen molar-refractivity contribution in [2.45, 2.75) is 11.2 Å². The molecule has 172 valence electrons. The number of aromatic nitrogens is 2. The smallest absolute Gasteiger partial charge is 0.266 e. The van der Waals surface area contributed by atoms with Crippen molar-refractivity contribution in [2.75, 3.05) is 5.75 Å². The van der Waals surface area contributed by atoms with E-state index in [0.29, 0.717) is 21.7 Å². The van der Waals surface area contributed by atoms with Crippen molar-refractivity contribution in [1.82, 2.24) is 14.9 Å². The second-order valence-corrected chi connectivity index (χ2v) is 8.94. The quantitative estimate of drug-likeness (QED) is 0.252. The Balaban J connectivity index is 1.44. The molecule has 1 amide bonds. The lowest BCUT2D eigenvalue weighted by Gasteiger charge is -2.20.